The molecule has 2 heterocycles. The van der Waals surface area contributed by atoms with Crippen molar-refractivity contribution >= 4 is 17.5 Å². The van der Waals surface area contributed by atoms with Crippen LogP contribution in [0.2, 0.25) is 5.02 Å². The Balaban J connectivity index is 1.51. The maximum absolute atomic E-state index is 13.6. The largest absolute Gasteiger partial charge is 0.337 e. The lowest BCUT2D eigenvalue weighted by atomic mass is 9.67. The molecule has 1 aliphatic heterocycles. The van der Waals surface area contributed by atoms with Gasteiger partial charge in [0, 0.05) is 29.6 Å². The van der Waals surface area contributed by atoms with Gasteiger partial charge in [0.05, 0.1) is 11.4 Å². The van der Waals surface area contributed by atoms with Crippen LogP contribution in [0.4, 0.5) is 0 Å². The molecule has 3 fully saturated rings. The first-order valence-electron chi connectivity index (χ1n) is 11.4. The number of benzene rings is 1. The van der Waals surface area contributed by atoms with Crippen LogP contribution in [0.15, 0.2) is 24.3 Å². The third kappa shape index (κ3) is 2.94. The molecule has 1 amide bonds. The van der Waals surface area contributed by atoms with Crippen LogP contribution in [0.5, 0.6) is 0 Å². The molecule has 2 aromatic rings. The van der Waals surface area contributed by atoms with Gasteiger partial charge in [-0.3, -0.25) is 4.79 Å². The van der Waals surface area contributed by atoms with E-state index in [9.17, 15) is 4.79 Å². The van der Waals surface area contributed by atoms with Crippen molar-refractivity contribution in [2.45, 2.75) is 63.2 Å². The average Bonchev–Trinajstić information content (AvgIpc) is 3.05. The minimum absolute atomic E-state index is 0.162. The van der Waals surface area contributed by atoms with Gasteiger partial charge in [0.25, 0.3) is 5.91 Å². The number of carbonyl (C=O) groups is 1. The lowest BCUT2D eigenvalue weighted by Crippen LogP contribution is -2.36. The summed E-state index contributed by atoms with van der Waals surface area (Å²) in [5, 5.41) is 5.75. The molecule has 2 unspecified atom stereocenters. The number of hydrogen-bond acceptors (Lipinski definition) is 2. The summed E-state index contributed by atoms with van der Waals surface area (Å²) in [6.07, 6.45) is 9.85. The standard InChI is InChI=1S/C24H28ClN3O/c25-19-4-6-20(7-5-19)28-23-18-13-15-10-16(14-18)12-17(11-15)21(23)22(26-28)24(29)27-8-2-1-3-9-27/h4-7,15-18H,1-3,8-14H2. The molecule has 29 heavy (non-hydrogen) atoms. The first kappa shape index (κ1) is 18.0. The van der Waals surface area contributed by atoms with Gasteiger partial charge >= 0.3 is 0 Å². The highest BCUT2D eigenvalue weighted by Gasteiger charge is 2.46. The van der Waals surface area contributed by atoms with Crippen LogP contribution in [0.25, 0.3) is 5.69 Å². The maximum atomic E-state index is 13.6. The normalized spacial score (nSPS) is 30.3. The van der Waals surface area contributed by atoms with Gasteiger partial charge < -0.3 is 4.90 Å². The van der Waals surface area contributed by atoms with E-state index < -0.39 is 0 Å². The average molecular weight is 410 g/mol. The Morgan fingerprint density at radius 1 is 0.897 bits per heavy atom. The van der Waals surface area contributed by atoms with E-state index >= 15 is 0 Å². The molecule has 4 aliphatic carbocycles. The lowest BCUT2D eigenvalue weighted by molar-refractivity contribution is 0.0714. The van der Waals surface area contributed by atoms with Gasteiger partial charge in [0.2, 0.25) is 0 Å². The quantitative estimate of drug-likeness (QED) is 0.652. The van der Waals surface area contributed by atoms with E-state index in [1.807, 2.05) is 29.2 Å². The maximum Gasteiger partial charge on any atom is 0.274 e. The number of carbonyl (C=O) groups excluding carboxylic acids is 1. The zero-order valence-corrected chi connectivity index (χ0v) is 17.6. The monoisotopic (exact) mass is 409 g/mol. The molecule has 152 valence electrons. The molecule has 0 N–H and O–H groups in total. The van der Waals surface area contributed by atoms with Gasteiger partial charge in [0.1, 0.15) is 0 Å². The number of likely N-dealkylation sites (tertiary alicyclic amines) is 1. The van der Waals surface area contributed by atoms with Crippen LogP contribution in [-0.4, -0.2) is 33.7 Å². The molecule has 0 radical (unpaired) electrons. The first-order valence-corrected chi connectivity index (χ1v) is 11.7. The number of nitrogens with zero attached hydrogens (tertiary/aromatic N) is 3. The Hall–Kier alpha value is -1.81. The van der Waals surface area contributed by atoms with E-state index in [0.29, 0.717) is 11.8 Å². The minimum Gasteiger partial charge on any atom is -0.337 e. The topological polar surface area (TPSA) is 38.1 Å². The van der Waals surface area contributed by atoms with Crippen LogP contribution >= 0.6 is 11.6 Å². The highest BCUT2D eigenvalue weighted by atomic mass is 35.5. The highest BCUT2D eigenvalue weighted by Crippen LogP contribution is 2.57. The summed E-state index contributed by atoms with van der Waals surface area (Å²) < 4.78 is 2.11. The highest BCUT2D eigenvalue weighted by molar-refractivity contribution is 6.30. The molecule has 4 bridgehead atoms. The predicted octanol–water partition coefficient (Wildman–Crippen LogP) is 5.54. The number of hydrogen-bond donors (Lipinski definition) is 0. The van der Waals surface area contributed by atoms with E-state index in [1.165, 1.54) is 49.8 Å². The van der Waals surface area contributed by atoms with Gasteiger partial charge in [-0.05, 0) is 93.4 Å². The van der Waals surface area contributed by atoms with E-state index in [-0.39, 0.29) is 5.91 Å². The summed E-state index contributed by atoms with van der Waals surface area (Å²) in [5.74, 6) is 2.84. The predicted molar refractivity (Wildman–Crippen MR) is 114 cm³/mol. The zero-order chi connectivity index (χ0) is 19.5. The first-order chi connectivity index (χ1) is 14.2. The summed E-state index contributed by atoms with van der Waals surface area (Å²) in [4.78, 5) is 15.6. The number of aromatic nitrogens is 2. The third-order valence-corrected chi connectivity index (χ3v) is 8.06. The molecule has 1 saturated heterocycles. The van der Waals surface area contributed by atoms with Gasteiger partial charge in [-0.15, -0.1) is 0 Å². The minimum atomic E-state index is 0.162. The second-order valence-electron chi connectivity index (χ2n) is 9.69. The van der Waals surface area contributed by atoms with Crippen LogP contribution in [-0.2, 0) is 0 Å². The van der Waals surface area contributed by atoms with Crippen molar-refractivity contribution in [2.24, 2.45) is 11.8 Å². The summed E-state index contributed by atoms with van der Waals surface area (Å²) in [7, 11) is 0. The molecule has 1 aromatic heterocycles. The van der Waals surface area contributed by atoms with Gasteiger partial charge in [0.15, 0.2) is 5.69 Å². The van der Waals surface area contributed by atoms with E-state index in [1.54, 1.807) is 0 Å². The van der Waals surface area contributed by atoms with Gasteiger partial charge in [-0.1, -0.05) is 11.6 Å². The fraction of sp³-hybridized carbons (Fsp3) is 0.583. The summed E-state index contributed by atoms with van der Waals surface area (Å²) >= 11 is 6.15. The van der Waals surface area contributed by atoms with Crippen molar-refractivity contribution in [3.8, 4) is 5.69 Å². The molecular formula is C24H28ClN3O. The van der Waals surface area contributed by atoms with Gasteiger partial charge in [-0.2, -0.15) is 5.10 Å². The fourth-order valence-corrected chi connectivity index (χ4v) is 6.86. The van der Waals surface area contributed by atoms with Crippen molar-refractivity contribution in [3.63, 3.8) is 0 Å². The van der Waals surface area contributed by atoms with Crippen LogP contribution in [0.1, 0.15) is 84.9 Å². The molecule has 0 spiro atoms. The number of rotatable bonds is 2. The second kappa shape index (κ2) is 6.87. The molecule has 5 heteroatoms. The molecule has 2 atom stereocenters. The Morgan fingerprint density at radius 2 is 1.55 bits per heavy atom. The Labute approximate surface area is 177 Å². The molecule has 5 aliphatic rings. The lowest BCUT2D eigenvalue weighted by Gasteiger charge is -2.38. The zero-order valence-electron chi connectivity index (χ0n) is 16.8. The molecule has 2 saturated carbocycles. The van der Waals surface area contributed by atoms with Crippen molar-refractivity contribution in [1.82, 2.24) is 14.7 Å². The third-order valence-electron chi connectivity index (χ3n) is 7.81. The molecular weight excluding hydrogens is 382 g/mol. The van der Waals surface area contributed by atoms with Crippen molar-refractivity contribution in [2.75, 3.05) is 13.1 Å². The summed E-state index contributed by atoms with van der Waals surface area (Å²) in [6, 6.07) is 7.94. The van der Waals surface area contributed by atoms with Crippen molar-refractivity contribution < 1.29 is 4.79 Å². The Kier molecular flexibility index (Phi) is 4.26. The molecule has 4 nitrogen and oxygen atoms in total. The van der Waals surface area contributed by atoms with Crippen molar-refractivity contribution in [3.05, 3.63) is 46.2 Å². The SMILES string of the molecule is O=C(c1nn(-c2ccc(Cl)cc2)c2c1C1CC3CC(C1)CC2C3)N1CCCCC1. The molecule has 1 aromatic carbocycles. The molecule has 7 rings (SSSR count). The Morgan fingerprint density at radius 3 is 2.24 bits per heavy atom. The van der Waals surface area contributed by atoms with E-state index in [4.69, 9.17) is 16.7 Å². The number of halogens is 1. The van der Waals surface area contributed by atoms with Crippen LogP contribution in [0.3, 0.4) is 0 Å². The van der Waals surface area contributed by atoms with Gasteiger partial charge in [-0.25, -0.2) is 4.68 Å². The smallest absolute Gasteiger partial charge is 0.274 e. The second-order valence-corrected chi connectivity index (χ2v) is 10.1. The Bertz CT molecular complexity index is 930. The van der Waals surface area contributed by atoms with Crippen LogP contribution in [0, 0.1) is 11.8 Å². The summed E-state index contributed by atoms with van der Waals surface area (Å²) in [5.41, 5.74) is 4.41. The van der Waals surface area contributed by atoms with E-state index in [0.717, 1.165) is 54.2 Å². The van der Waals surface area contributed by atoms with E-state index in [2.05, 4.69) is 4.68 Å². The van der Waals surface area contributed by atoms with Crippen LogP contribution < -0.4 is 0 Å². The number of piperidine rings is 1. The fourth-order valence-electron chi connectivity index (χ4n) is 6.73. The van der Waals surface area contributed by atoms with Crippen molar-refractivity contribution in [1.29, 1.82) is 0 Å². The number of amides is 1. The summed E-state index contributed by atoms with van der Waals surface area (Å²) in [6.45, 7) is 1.75.